The van der Waals surface area contributed by atoms with E-state index in [1.54, 1.807) is 0 Å². The van der Waals surface area contributed by atoms with E-state index in [-0.39, 0.29) is 0 Å². The Morgan fingerprint density at radius 2 is 1.57 bits per heavy atom. The Labute approximate surface area is 89.5 Å². The number of rotatable bonds is 4. The van der Waals surface area contributed by atoms with Gasteiger partial charge in [-0.05, 0) is 43.1 Å². The van der Waals surface area contributed by atoms with E-state index in [0.29, 0.717) is 5.41 Å². The maximum atomic E-state index is 5.70. The normalized spacial score (nSPS) is 29.1. The molecular weight excluding hydrogens is 170 g/mol. The number of hydrogen-bond donors (Lipinski definition) is 1. The molecule has 84 valence electrons. The second-order valence-electron chi connectivity index (χ2n) is 5.84. The van der Waals surface area contributed by atoms with Gasteiger partial charge in [0.2, 0.25) is 0 Å². The molecule has 1 rings (SSSR count). The lowest BCUT2D eigenvalue weighted by atomic mass is 9.73. The Bertz CT molecular complexity index is 155. The van der Waals surface area contributed by atoms with Crippen molar-refractivity contribution in [1.82, 2.24) is 0 Å². The van der Waals surface area contributed by atoms with E-state index in [1.807, 2.05) is 0 Å². The molecule has 1 aliphatic carbocycles. The lowest BCUT2D eigenvalue weighted by Crippen LogP contribution is -2.24. The minimum absolute atomic E-state index is 0.556. The molecule has 1 heteroatoms. The molecule has 0 bridgehead atoms. The first kappa shape index (κ1) is 12.0. The molecule has 1 fully saturated rings. The van der Waals surface area contributed by atoms with E-state index < -0.39 is 0 Å². The molecule has 14 heavy (non-hydrogen) atoms. The molecule has 0 amide bonds. The lowest BCUT2D eigenvalue weighted by Gasteiger charge is -2.33. The molecule has 0 atom stereocenters. The summed E-state index contributed by atoms with van der Waals surface area (Å²) in [4.78, 5) is 0. The van der Waals surface area contributed by atoms with Crippen LogP contribution in [-0.2, 0) is 0 Å². The minimum atomic E-state index is 0.556. The fourth-order valence-electron chi connectivity index (χ4n) is 2.60. The van der Waals surface area contributed by atoms with Gasteiger partial charge in [-0.3, -0.25) is 0 Å². The van der Waals surface area contributed by atoms with Crippen LogP contribution in [0, 0.1) is 17.3 Å². The summed E-state index contributed by atoms with van der Waals surface area (Å²) >= 11 is 0. The molecule has 0 saturated heterocycles. The largest absolute Gasteiger partial charge is 0.330 e. The van der Waals surface area contributed by atoms with Crippen LogP contribution in [0.2, 0.25) is 0 Å². The monoisotopic (exact) mass is 197 g/mol. The van der Waals surface area contributed by atoms with E-state index in [1.165, 1.54) is 38.5 Å². The van der Waals surface area contributed by atoms with E-state index in [2.05, 4.69) is 20.8 Å². The zero-order valence-electron chi connectivity index (χ0n) is 10.2. The Kier molecular flexibility index (Phi) is 4.43. The van der Waals surface area contributed by atoms with Crippen molar-refractivity contribution in [3.63, 3.8) is 0 Å². The molecular formula is C13H27N. The molecule has 0 unspecified atom stereocenters. The van der Waals surface area contributed by atoms with Gasteiger partial charge in [-0.2, -0.15) is 0 Å². The first-order valence-corrected chi connectivity index (χ1v) is 6.27. The maximum Gasteiger partial charge on any atom is -0.00489 e. The van der Waals surface area contributed by atoms with Crippen LogP contribution < -0.4 is 5.73 Å². The predicted molar refractivity (Wildman–Crippen MR) is 63.2 cm³/mol. The van der Waals surface area contributed by atoms with E-state index in [9.17, 15) is 0 Å². The van der Waals surface area contributed by atoms with Gasteiger partial charge in [-0.25, -0.2) is 0 Å². The smallest absolute Gasteiger partial charge is 0.00489 e. The third kappa shape index (κ3) is 3.61. The average Bonchev–Trinajstić information content (AvgIpc) is 2.19. The molecule has 2 N–H and O–H groups in total. The zero-order valence-corrected chi connectivity index (χ0v) is 10.2. The predicted octanol–water partition coefficient (Wildman–Crippen LogP) is 3.58. The first-order chi connectivity index (χ1) is 6.57. The summed E-state index contributed by atoms with van der Waals surface area (Å²) in [6.07, 6.45) is 8.32. The first-order valence-electron chi connectivity index (χ1n) is 6.27. The van der Waals surface area contributed by atoms with Crippen LogP contribution in [0.5, 0.6) is 0 Å². The Hall–Kier alpha value is -0.0400. The molecule has 1 aliphatic rings. The molecule has 0 aliphatic heterocycles. The van der Waals surface area contributed by atoms with Gasteiger partial charge in [0, 0.05) is 0 Å². The summed E-state index contributed by atoms with van der Waals surface area (Å²) in [6.45, 7) is 8.03. The quantitative estimate of drug-likeness (QED) is 0.732. The minimum Gasteiger partial charge on any atom is -0.330 e. The highest BCUT2D eigenvalue weighted by atomic mass is 14.5. The van der Waals surface area contributed by atoms with Crippen molar-refractivity contribution < 1.29 is 0 Å². The van der Waals surface area contributed by atoms with Crippen LogP contribution in [0.4, 0.5) is 0 Å². The second-order valence-corrected chi connectivity index (χ2v) is 5.84. The van der Waals surface area contributed by atoms with Crippen LogP contribution in [0.1, 0.15) is 59.3 Å². The third-order valence-corrected chi connectivity index (χ3v) is 4.10. The zero-order chi connectivity index (χ0) is 10.6. The van der Waals surface area contributed by atoms with Gasteiger partial charge in [0.1, 0.15) is 0 Å². The molecule has 1 nitrogen and oxygen atoms in total. The lowest BCUT2D eigenvalue weighted by molar-refractivity contribution is 0.190. The fourth-order valence-corrected chi connectivity index (χ4v) is 2.60. The molecule has 0 spiro atoms. The van der Waals surface area contributed by atoms with Gasteiger partial charge in [-0.15, -0.1) is 0 Å². The molecule has 0 heterocycles. The van der Waals surface area contributed by atoms with Crippen molar-refractivity contribution in [2.75, 3.05) is 6.54 Å². The third-order valence-electron chi connectivity index (χ3n) is 4.10. The van der Waals surface area contributed by atoms with Crippen molar-refractivity contribution in [2.45, 2.75) is 59.3 Å². The molecule has 0 aromatic carbocycles. The van der Waals surface area contributed by atoms with Crippen molar-refractivity contribution in [1.29, 1.82) is 0 Å². The molecule has 0 aromatic rings. The molecule has 0 radical (unpaired) electrons. The Balaban J connectivity index is 2.28. The standard InChI is InChI=1S/C13H27N/c1-4-13(2,3)9-11-5-7-12(10-14)8-6-11/h11-12H,4-10,14H2,1-3H3/t11-,12-. The summed E-state index contributed by atoms with van der Waals surface area (Å²) in [5.41, 5.74) is 6.26. The van der Waals surface area contributed by atoms with Crippen molar-refractivity contribution in [2.24, 2.45) is 23.0 Å². The topological polar surface area (TPSA) is 26.0 Å². The highest BCUT2D eigenvalue weighted by Crippen LogP contribution is 2.37. The fraction of sp³-hybridized carbons (Fsp3) is 1.00. The Morgan fingerprint density at radius 1 is 1.07 bits per heavy atom. The van der Waals surface area contributed by atoms with Gasteiger partial charge in [0.05, 0.1) is 0 Å². The van der Waals surface area contributed by atoms with Crippen LogP contribution in [0.3, 0.4) is 0 Å². The Morgan fingerprint density at radius 3 is 2.00 bits per heavy atom. The van der Waals surface area contributed by atoms with Crippen molar-refractivity contribution in [3.8, 4) is 0 Å². The van der Waals surface area contributed by atoms with Crippen LogP contribution in [-0.4, -0.2) is 6.54 Å². The summed E-state index contributed by atoms with van der Waals surface area (Å²) < 4.78 is 0. The van der Waals surface area contributed by atoms with Gasteiger partial charge < -0.3 is 5.73 Å². The van der Waals surface area contributed by atoms with Gasteiger partial charge in [0.15, 0.2) is 0 Å². The van der Waals surface area contributed by atoms with Crippen LogP contribution in [0.15, 0.2) is 0 Å². The van der Waals surface area contributed by atoms with Crippen molar-refractivity contribution >= 4 is 0 Å². The highest BCUT2D eigenvalue weighted by molar-refractivity contribution is 4.78. The number of hydrogen-bond acceptors (Lipinski definition) is 1. The van der Waals surface area contributed by atoms with Gasteiger partial charge in [0.25, 0.3) is 0 Å². The van der Waals surface area contributed by atoms with Gasteiger partial charge >= 0.3 is 0 Å². The molecule has 1 saturated carbocycles. The average molecular weight is 197 g/mol. The van der Waals surface area contributed by atoms with Crippen LogP contribution >= 0.6 is 0 Å². The SMILES string of the molecule is CCC(C)(C)C[C@H]1CC[C@H](CN)CC1. The summed E-state index contributed by atoms with van der Waals surface area (Å²) in [5.74, 6) is 1.81. The molecule has 0 aromatic heterocycles. The van der Waals surface area contributed by atoms with E-state index in [4.69, 9.17) is 5.73 Å². The van der Waals surface area contributed by atoms with Crippen LogP contribution in [0.25, 0.3) is 0 Å². The van der Waals surface area contributed by atoms with Crippen molar-refractivity contribution in [3.05, 3.63) is 0 Å². The summed E-state index contributed by atoms with van der Waals surface area (Å²) in [6, 6.07) is 0. The highest BCUT2D eigenvalue weighted by Gasteiger charge is 2.25. The summed E-state index contributed by atoms with van der Waals surface area (Å²) in [7, 11) is 0. The van der Waals surface area contributed by atoms with E-state index in [0.717, 1.165) is 18.4 Å². The maximum absolute atomic E-state index is 5.70. The summed E-state index contributed by atoms with van der Waals surface area (Å²) in [5, 5.41) is 0. The number of nitrogens with two attached hydrogens (primary N) is 1. The van der Waals surface area contributed by atoms with E-state index >= 15 is 0 Å². The second kappa shape index (κ2) is 5.16. The van der Waals surface area contributed by atoms with Gasteiger partial charge in [-0.1, -0.05) is 40.0 Å².